The van der Waals surface area contributed by atoms with Crippen molar-refractivity contribution in [3.05, 3.63) is 33.7 Å². The fourth-order valence-electron chi connectivity index (χ4n) is 3.09. The number of carbonyl (C=O) groups is 2. The monoisotopic (exact) mass is 405 g/mol. The summed E-state index contributed by atoms with van der Waals surface area (Å²) in [5, 5.41) is 10.9. The molecule has 5 nitrogen and oxygen atoms in total. The number of aromatic hydroxyl groups is 1. The molecule has 1 fully saturated rings. The summed E-state index contributed by atoms with van der Waals surface area (Å²) in [5.74, 6) is 0.459. The molecule has 0 spiro atoms. The van der Waals surface area contributed by atoms with E-state index >= 15 is 0 Å². The zero-order valence-corrected chi connectivity index (χ0v) is 18.7. The van der Waals surface area contributed by atoms with Crippen LogP contribution in [0.5, 0.6) is 5.75 Å². The normalized spacial score (nSPS) is 17.2. The zero-order valence-electron chi connectivity index (χ0n) is 17.9. The van der Waals surface area contributed by atoms with Crippen molar-refractivity contribution in [1.29, 1.82) is 0 Å². The molecule has 1 N–H and O–H groups in total. The van der Waals surface area contributed by atoms with Gasteiger partial charge in [0.05, 0.1) is 12.0 Å². The molecule has 1 amide bonds. The Morgan fingerprint density at radius 3 is 2.18 bits per heavy atom. The van der Waals surface area contributed by atoms with Gasteiger partial charge in [0.1, 0.15) is 12.3 Å². The molecular formula is C22H31NO4S. The highest BCUT2D eigenvalue weighted by Crippen LogP contribution is 2.40. The molecule has 1 aromatic rings. The highest BCUT2D eigenvalue weighted by molar-refractivity contribution is 8.04. The summed E-state index contributed by atoms with van der Waals surface area (Å²) in [6, 6.07) is 3.90. The first-order valence-corrected chi connectivity index (χ1v) is 10.4. The fourth-order valence-corrected chi connectivity index (χ4v) is 4.10. The van der Waals surface area contributed by atoms with E-state index in [4.69, 9.17) is 0 Å². The van der Waals surface area contributed by atoms with Gasteiger partial charge in [0.15, 0.2) is 0 Å². The molecule has 0 unspecified atom stereocenters. The van der Waals surface area contributed by atoms with Crippen LogP contribution >= 0.6 is 11.8 Å². The van der Waals surface area contributed by atoms with Crippen LogP contribution in [0.15, 0.2) is 17.0 Å². The summed E-state index contributed by atoms with van der Waals surface area (Å²) in [6.45, 7) is 12.8. The summed E-state index contributed by atoms with van der Waals surface area (Å²) < 4.78 is 4.69. The van der Waals surface area contributed by atoms with E-state index in [1.807, 2.05) is 18.2 Å². The number of methoxy groups -OCH3 is 1. The molecule has 1 aromatic carbocycles. The number of nitrogens with zero attached hydrogens (tertiary/aromatic N) is 1. The third-order valence-corrected chi connectivity index (χ3v) is 5.70. The van der Waals surface area contributed by atoms with Crippen LogP contribution in [-0.2, 0) is 25.2 Å². The Morgan fingerprint density at radius 1 is 1.18 bits per heavy atom. The van der Waals surface area contributed by atoms with E-state index in [1.54, 1.807) is 0 Å². The Kier molecular flexibility index (Phi) is 6.54. The smallest absolute Gasteiger partial charge is 0.325 e. The van der Waals surface area contributed by atoms with Crippen LogP contribution in [0.2, 0.25) is 0 Å². The molecule has 28 heavy (non-hydrogen) atoms. The van der Waals surface area contributed by atoms with Crippen LogP contribution in [0.25, 0.3) is 6.08 Å². The van der Waals surface area contributed by atoms with Crippen molar-refractivity contribution in [2.75, 3.05) is 26.0 Å². The molecule has 1 heterocycles. The Balaban J connectivity index is 2.49. The van der Waals surface area contributed by atoms with E-state index in [2.05, 4.69) is 46.3 Å². The lowest BCUT2D eigenvalue weighted by atomic mass is 9.78. The zero-order chi connectivity index (χ0) is 21.3. The van der Waals surface area contributed by atoms with Crippen molar-refractivity contribution in [3.63, 3.8) is 0 Å². The summed E-state index contributed by atoms with van der Waals surface area (Å²) in [4.78, 5) is 26.5. The van der Waals surface area contributed by atoms with E-state index in [-0.39, 0.29) is 23.3 Å². The van der Waals surface area contributed by atoms with Crippen molar-refractivity contribution >= 4 is 29.7 Å². The second kappa shape index (κ2) is 8.19. The van der Waals surface area contributed by atoms with Crippen LogP contribution in [0, 0.1) is 0 Å². The van der Waals surface area contributed by atoms with Crippen molar-refractivity contribution in [2.24, 2.45) is 0 Å². The molecule has 154 valence electrons. The molecular weight excluding hydrogens is 374 g/mol. The summed E-state index contributed by atoms with van der Waals surface area (Å²) in [7, 11) is 1.32. The Morgan fingerprint density at radius 2 is 1.71 bits per heavy atom. The van der Waals surface area contributed by atoms with Gasteiger partial charge in [-0.2, -0.15) is 0 Å². The number of phenols is 1. The van der Waals surface area contributed by atoms with E-state index in [0.29, 0.717) is 17.2 Å². The minimum absolute atomic E-state index is 0.0384. The number of ether oxygens (including phenoxy) is 1. The number of esters is 1. The molecule has 6 heteroatoms. The Bertz CT molecular complexity index is 765. The van der Waals surface area contributed by atoms with E-state index in [0.717, 1.165) is 22.4 Å². The molecule has 2 rings (SSSR count). The molecule has 1 aliphatic rings. The Hall–Kier alpha value is -1.95. The summed E-state index contributed by atoms with van der Waals surface area (Å²) in [5.41, 5.74) is 2.11. The first-order chi connectivity index (χ1) is 12.8. The van der Waals surface area contributed by atoms with Crippen molar-refractivity contribution in [1.82, 2.24) is 4.90 Å². The van der Waals surface area contributed by atoms with E-state index in [1.165, 1.54) is 23.8 Å². The third kappa shape index (κ3) is 5.10. The SMILES string of the molecule is COC(=O)CN1CCSC(=Cc2cc(C(C)(C)C)c(O)c(C(C)(C)C)c2)C1=O. The average Bonchev–Trinajstić information content (AvgIpc) is 2.57. The highest BCUT2D eigenvalue weighted by Gasteiger charge is 2.28. The number of phenolic OH excluding ortho intramolecular Hbond substituents is 1. The van der Waals surface area contributed by atoms with E-state index in [9.17, 15) is 14.7 Å². The lowest BCUT2D eigenvalue weighted by Gasteiger charge is -2.29. The number of carbonyl (C=O) groups excluding carboxylic acids is 2. The minimum atomic E-state index is -0.422. The van der Waals surface area contributed by atoms with Gasteiger partial charge < -0.3 is 14.7 Å². The summed E-state index contributed by atoms with van der Waals surface area (Å²) in [6.07, 6.45) is 1.86. The van der Waals surface area contributed by atoms with Crippen LogP contribution in [-0.4, -0.2) is 47.8 Å². The molecule has 0 bridgehead atoms. The van der Waals surface area contributed by atoms with Crippen LogP contribution in [0.4, 0.5) is 0 Å². The maximum Gasteiger partial charge on any atom is 0.325 e. The number of benzene rings is 1. The lowest BCUT2D eigenvalue weighted by molar-refractivity contribution is -0.145. The molecule has 1 saturated heterocycles. The Labute approximate surface area is 172 Å². The molecule has 0 saturated carbocycles. The maximum atomic E-state index is 12.8. The number of amides is 1. The minimum Gasteiger partial charge on any atom is -0.507 e. The van der Waals surface area contributed by atoms with Crippen LogP contribution in [0.1, 0.15) is 58.2 Å². The van der Waals surface area contributed by atoms with Gasteiger partial charge in [-0.05, 0) is 34.6 Å². The first kappa shape index (κ1) is 22.3. The number of rotatable bonds is 3. The van der Waals surface area contributed by atoms with Gasteiger partial charge in [-0.3, -0.25) is 9.59 Å². The first-order valence-electron chi connectivity index (χ1n) is 9.43. The fraction of sp³-hybridized carbons (Fsp3) is 0.545. The van der Waals surface area contributed by atoms with E-state index < -0.39 is 5.97 Å². The van der Waals surface area contributed by atoms with Crippen LogP contribution < -0.4 is 0 Å². The van der Waals surface area contributed by atoms with Gasteiger partial charge in [-0.1, -0.05) is 41.5 Å². The molecule has 1 aliphatic heterocycles. The molecule has 0 radical (unpaired) electrons. The summed E-state index contributed by atoms with van der Waals surface area (Å²) >= 11 is 1.49. The largest absolute Gasteiger partial charge is 0.507 e. The number of thioether (sulfide) groups is 1. The molecule has 0 aliphatic carbocycles. The van der Waals surface area contributed by atoms with Crippen molar-refractivity contribution in [2.45, 2.75) is 52.4 Å². The van der Waals surface area contributed by atoms with Crippen LogP contribution in [0.3, 0.4) is 0 Å². The van der Waals surface area contributed by atoms with Crippen molar-refractivity contribution < 1.29 is 19.4 Å². The topological polar surface area (TPSA) is 66.8 Å². The average molecular weight is 406 g/mol. The van der Waals surface area contributed by atoms with Gasteiger partial charge in [0.25, 0.3) is 5.91 Å². The quantitative estimate of drug-likeness (QED) is 0.606. The third-order valence-electron chi connectivity index (χ3n) is 4.71. The van der Waals surface area contributed by atoms with Gasteiger partial charge in [0.2, 0.25) is 0 Å². The van der Waals surface area contributed by atoms with Gasteiger partial charge in [-0.25, -0.2) is 0 Å². The standard InChI is InChI=1S/C22H31NO4S/c1-21(2,3)15-10-14(11-16(19(15)25)22(4,5)6)12-17-20(26)23(8-9-28-17)13-18(24)27-7/h10-12,25H,8-9,13H2,1-7H3. The van der Waals surface area contributed by atoms with Crippen molar-refractivity contribution in [3.8, 4) is 5.75 Å². The second-order valence-corrected chi connectivity index (χ2v) is 10.3. The molecule has 0 atom stereocenters. The number of hydrogen-bond donors (Lipinski definition) is 1. The lowest BCUT2D eigenvalue weighted by Crippen LogP contribution is -2.40. The van der Waals surface area contributed by atoms with Gasteiger partial charge >= 0.3 is 5.97 Å². The van der Waals surface area contributed by atoms with Gasteiger partial charge in [0, 0.05) is 23.4 Å². The molecule has 0 aromatic heterocycles. The van der Waals surface area contributed by atoms with Gasteiger partial charge in [-0.15, -0.1) is 11.8 Å². The highest BCUT2D eigenvalue weighted by atomic mass is 32.2. The second-order valence-electron chi connectivity index (χ2n) is 9.12. The number of hydrogen-bond acceptors (Lipinski definition) is 5. The maximum absolute atomic E-state index is 12.8. The predicted molar refractivity (Wildman–Crippen MR) is 115 cm³/mol. The predicted octanol–water partition coefficient (Wildman–Crippen LogP) is 4.08.